The highest BCUT2D eigenvalue weighted by atomic mass is 79.9. The molecule has 0 spiro atoms. The summed E-state index contributed by atoms with van der Waals surface area (Å²) < 4.78 is 93.6. The molecular formula is C35H28BrCl2F6N3O4. The maximum atomic E-state index is 14.4. The molecule has 0 aliphatic carbocycles. The number of nitrogens with one attached hydrogen (secondary N) is 2. The second-order valence-electron chi connectivity index (χ2n) is 11.5. The Morgan fingerprint density at radius 1 is 0.902 bits per heavy atom. The number of carbonyl (C=O) groups excluding carboxylic acids is 1. The molecule has 7 nitrogen and oxygen atoms in total. The van der Waals surface area contributed by atoms with Gasteiger partial charge in [-0.05, 0) is 77.9 Å². The summed E-state index contributed by atoms with van der Waals surface area (Å²) in [7, 11) is 0. The number of aliphatic hydroxyl groups excluding tert-OH is 1. The van der Waals surface area contributed by atoms with Gasteiger partial charge in [0, 0.05) is 51.6 Å². The number of aliphatic hydroxyl groups is 1. The Morgan fingerprint density at radius 2 is 1.55 bits per heavy atom. The topological polar surface area (TPSA) is 92.2 Å². The number of aliphatic imine (C=N–C) groups is 1. The molecule has 4 aromatic rings. The van der Waals surface area contributed by atoms with Crippen molar-refractivity contribution in [2.24, 2.45) is 4.99 Å². The molecule has 1 heterocycles. The molecule has 51 heavy (non-hydrogen) atoms. The molecule has 1 aliphatic rings. The van der Waals surface area contributed by atoms with Gasteiger partial charge in [-0.25, -0.2) is 10.4 Å². The highest BCUT2D eigenvalue weighted by molar-refractivity contribution is 9.10. The summed E-state index contributed by atoms with van der Waals surface area (Å²) in [6.07, 6.45) is -10.9. The Kier molecular flexibility index (Phi) is 11.9. The van der Waals surface area contributed by atoms with Gasteiger partial charge in [-0.3, -0.25) is 10.2 Å². The number of nitrogens with zero attached hydrogens (tertiary/aromatic N) is 1. The Bertz CT molecular complexity index is 1860. The second-order valence-corrected chi connectivity index (χ2v) is 13.2. The van der Waals surface area contributed by atoms with E-state index in [2.05, 4.69) is 26.8 Å². The third-order valence-electron chi connectivity index (χ3n) is 7.80. The lowest BCUT2D eigenvalue weighted by Crippen LogP contribution is -2.53. The van der Waals surface area contributed by atoms with Crippen molar-refractivity contribution in [1.29, 1.82) is 0 Å². The minimum absolute atomic E-state index is 0.0235. The number of carbonyl (C=O) groups is 1. The van der Waals surface area contributed by atoms with E-state index in [1.165, 1.54) is 6.07 Å². The first-order valence-electron chi connectivity index (χ1n) is 15.2. The van der Waals surface area contributed by atoms with Crippen LogP contribution in [0.4, 0.5) is 26.3 Å². The lowest BCUT2D eigenvalue weighted by atomic mass is 9.82. The van der Waals surface area contributed by atoms with E-state index in [-0.39, 0.29) is 42.2 Å². The molecule has 16 heteroatoms. The van der Waals surface area contributed by atoms with Gasteiger partial charge in [0.1, 0.15) is 5.75 Å². The molecule has 5 rings (SSSR count). The molecule has 3 N–H and O–H groups in total. The molecule has 0 aromatic heterocycles. The number of alkyl halides is 6. The molecule has 0 bridgehead atoms. The average molecular weight is 819 g/mol. The first kappa shape index (κ1) is 38.4. The Hall–Kier alpha value is -3.82. The largest absolute Gasteiger partial charge is 0.494 e. The summed E-state index contributed by atoms with van der Waals surface area (Å²) in [5, 5.41) is 9.50. The predicted octanol–water partition coefficient (Wildman–Crippen LogP) is 8.88. The van der Waals surface area contributed by atoms with E-state index in [0.29, 0.717) is 46.0 Å². The SMILES string of the molecule is O=C(NNCc1cc(C(F)(F)F)cc(C(F)(F)F)c1)[C@@]1(Cc2ccc(Br)cc2)N=C(c2ccc(OCCCO)cc2)O[C@H]1c1ccc(Cl)cc1Cl. The maximum Gasteiger partial charge on any atom is 0.416 e. The van der Waals surface area contributed by atoms with Crippen molar-refractivity contribution < 1.29 is 45.7 Å². The van der Waals surface area contributed by atoms with Crippen LogP contribution >= 0.6 is 39.1 Å². The van der Waals surface area contributed by atoms with Crippen LogP contribution in [0.15, 0.2) is 94.4 Å². The van der Waals surface area contributed by atoms with Crippen LogP contribution in [-0.2, 0) is 34.8 Å². The smallest absolute Gasteiger partial charge is 0.416 e. The second kappa shape index (κ2) is 15.8. The van der Waals surface area contributed by atoms with E-state index in [4.69, 9.17) is 42.8 Å². The number of hydrogen-bond acceptors (Lipinski definition) is 6. The van der Waals surface area contributed by atoms with E-state index >= 15 is 0 Å². The van der Waals surface area contributed by atoms with Crippen molar-refractivity contribution in [2.75, 3.05) is 13.2 Å². The number of benzene rings is 4. The van der Waals surface area contributed by atoms with E-state index in [1.54, 1.807) is 60.7 Å². The van der Waals surface area contributed by atoms with Crippen LogP contribution in [0.3, 0.4) is 0 Å². The molecule has 0 fully saturated rings. The van der Waals surface area contributed by atoms with Crippen molar-refractivity contribution in [3.8, 4) is 5.75 Å². The van der Waals surface area contributed by atoms with Gasteiger partial charge < -0.3 is 14.6 Å². The first-order chi connectivity index (χ1) is 24.1. The molecule has 0 unspecified atom stereocenters. The van der Waals surface area contributed by atoms with Crippen molar-refractivity contribution in [3.05, 3.63) is 133 Å². The fourth-order valence-corrected chi connectivity index (χ4v) is 6.11. The number of amides is 1. The molecule has 270 valence electrons. The summed E-state index contributed by atoms with van der Waals surface area (Å²) in [5.74, 6) is -0.259. The summed E-state index contributed by atoms with van der Waals surface area (Å²) in [5.41, 5.74) is 1.17. The minimum Gasteiger partial charge on any atom is -0.494 e. The minimum atomic E-state index is -5.05. The van der Waals surface area contributed by atoms with Gasteiger partial charge in [0.2, 0.25) is 5.90 Å². The summed E-state index contributed by atoms with van der Waals surface area (Å²) in [6, 6.07) is 19.4. The van der Waals surface area contributed by atoms with Crippen LogP contribution in [-0.4, -0.2) is 35.7 Å². The van der Waals surface area contributed by atoms with Gasteiger partial charge >= 0.3 is 12.4 Å². The van der Waals surface area contributed by atoms with Gasteiger partial charge in [0.05, 0.1) is 17.7 Å². The molecule has 0 radical (unpaired) electrons. The highest BCUT2D eigenvalue weighted by Crippen LogP contribution is 2.45. The Morgan fingerprint density at radius 3 is 2.14 bits per heavy atom. The van der Waals surface area contributed by atoms with Crippen LogP contribution in [0.5, 0.6) is 5.75 Å². The predicted molar refractivity (Wildman–Crippen MR) is 182 cm³/mol. The van der Waals surface area contributed by atoms with Gasteiger partial charge in [0.15, 0.2) is 11.6 Å². The Labute approximate surface area is 306 Å². The number of rotatable bonds is 12. The summed E-state index contributed by atoms with van der Waals surface area (Å²) >= 11 is 16.2. The molecule has 2 atom stereocenters. The van der Waals surface area contributed by atoms with Gasteiger partial charge in [-0.15, -0.1) is 0 Å². The van der Waals surface area contributed by atoms with E-state index in [1.807, 2.05) is 0 Å². The van der Waals surface area contributed by atoms with Crippen molar-refractivity contribution in [2.45, 2.75) is 43.4 Å². The molecule has 1 aliphatic heterocycles. The van der Waals surface area contributed by atoms with Crippen molar-refractivity contribution in [1.82, 2.24) is 10.9 Å². The van der Waals surface area contributed by atoms with Crippen molar-refractivity contribution in [3.63, 3.8) is 0 Å². The van der Waals surface area contributed by atoms with Gasteiger partial charge in [-0.1, -0.05) is 57.3 Å². The quantitative estimate of drug-likeness (QED) is 0.0755. The van der Waals surface area contributed by atoms with E-state index in [9.17, 15) is 31.1 Å². The number of hydrazine groups is 1. The monoisotopic (exact) mass is 817 g/mol. The van der Waals surface area contributed by atoms with Crippen LogP contribution < -0.4 is 15.6 Å². The molecule has 1 amide bonds. The van der Waals surface area contributed by atoms with Crippen LogP contribution in [0.25, 0.3) is 0 Å². The van der Waals surface area contributed by atoms with Crippen LogP contribution in [0.2, 0.25) is 10.0 Å². The number of halogens is 9. The van der Waals surface area contributed by atoms with E-state index < -0.39 is 47.6 Å². The van der Waals surface area contributed by atoms with Crippen LogP contribution in [0.1, 0.15) is 45.9 Å². The summed E-state index contributed by atoms with van der Waals surface area (Å²) in [4.78, 5) is 19.2. The fourth-order valence-electron chi connectivity index (χ4n) is 5.34. The van der Waals surface area contributed by atoms with Gasteiger partial charge in [0.25, 0.3) is 5.91 Å². The maximum absolute atomic E-state index is 14.4. The highest BCUT2D eigenvalue weighted by Gasteiger charge is 2.54. The normalized spacial score (nSPS) is 17.5. The third-order valence-corrected chi connectivity index (χ3v) is 8.89. The fraction of sp³-hybridized carbons (Fsp3) is 0.257. The number of hydrogen-bond donors (Lipinski definition) is 3. The zero-order valence-electron chi connectivity index (χ0n) is 26.2. The van der Waals surface area contributed by atoms with E-state index in [0.717, 1.165) is 4.47 Å². The van der Waals surface area contributed by atoms with Crippen molar-refractivity contribution >= 4 is 50.9 Å². The van der Waals surface area contributed by atoms with Gasteiger partial charge in [-0.2, -0.15) is 26.3 Å². The zero-order valence-corrected chi connectivity index (χ0v) is 29.3. The zero-order chi connectivity index (χ0) is 37.0. The Balaban J connectivity index is 1.53. The standard InChI is InChI=1S/C35H28BrCl2F6N3O4/c36-25-6-2-20(3-7-25)18-33(32(49)47-45-19-21-14-23(34(39,40)41)16-24(15-21)35(42,43)44)30(28-11-8-26(37)17-29(28)38)51-31(46-33)22-4-9-27(10-5-22)50-13-1-12-48/h2-11,14-17,30,45,48H,1,12-13,18-19H2,(H,47,49)/t30-,33-/m0/s1. The summed E-state index contributed by atoms with van der Waals surface area (Å²) in [6.45, 7) is -0.357. The molecule has 0 saturated carbocycles. The number of ether oxygens (including phenoxy) is 2. The first-order valence-corrected chi connectivity index (χ1v) is 16.8. The van der Waals surface area contributed by atoms with Crippen LogP contribution in [0, 0.1) is 0 Å². The average Bonchev–Trinajstić information content (AvgIpc) is 3.45. The molecule has 0 saturated heterocycles. The third kappa shape index (κ3) is 9.35. The molecule has 4 aromatic carbocycles. The molecular weight excluding hydrogens is 791 g/mol. The lowest BCUT2D eigenvalue weighted by molar-refractivity contribution is -0.143. The lowest BCUT2D eigenvalue weighted by Gasteiger charge is -2.31.